The number of carbonyl (C=O) groups excluding carboxylic acids is 2. The molecule has 3 aliphatic rings. The van der Waals surface area contributed by atoms with Gasteiger partial charge in [0.2, 0.25) is 0 Å². The minimum atomic E-state index is -1.08. The molecule has 1 atom stereocenters. The highest BCUT2D eigenvalue weighted by atomic mass is 16.5. The summed E-state index contributed by atoms with van der Waals surface area (Å²) in [5.41, 5.74) is -1.08. The topological polar surface area (TPSA) is 108 Å². The van der Waals surface area contributed by atoms with Crippen molar-refractivity contribution in [2.24, 2.45) is 5.92 Å². The van der Waals surface area contributed by atoms with E-state index in [-0.39, 0.29) is 24.2 Å². The van der Waals surface area contributed by atoms with Crippen molar-refractivity contribution >= 4 is 22.7 Å². The molecule has 1 aromatic carbocycles. The number of carbonyl (C=O) groups is 2. The second kappa shape index (κ2) is 8.29. The maximum Gasteiger partial charge on any atom is 0.322 e. The quantitative estimate of drug-likeness (QED) is 0.523. The Hall–Kier alpha value is -2.78. The first-order valence-corrected chi connectivity index (χ1v) is 11.4. The Labute approximate surface area is 187 Å². The Morgan fingerprint density at radius 1 is 1.16 bits per heavy atom. The fourth-order valence-corrected chi connectivity index (χ4v) is 5.71. The number of amides is 3. The number of urea groups is 1. The fourth-order valence-electron chi connectivity index (χ4n) is 5.71. The summed E-state index contributed by atoms with van der Waals surface area (Å²) in [5.74, 6) is 0.466. The van der Waals surface area contributed by atoms with Crippen LogP contribution >= 0.6 is 0 Å². The lowest BCUT2D eigenvalue weighted by molar-refractivity contribution is -0.127. The van der Waals surface area contributed by atoms with Crippen LogP contribution in [0.3, 0.4) is 0 Å². The van der Waals surface area contributed by atoms with E-state index in [4.69, 9.17) is 4.74 Å². The number of likely N-dealkylation sites (tertiary alicyclic amines) is 1. The van der Waals surface area contributed by atoms with Gasteiger partial charge in [0.25, 0.3) is 5.91 Å². The van der Waals surface area contributed by atoms with Crippen molar-refractivity contribution in [2.75, 3.05) is 33.3 Å². The van der Waals surface area contributed by atoms with Gasteiger partial charge < -0.3 is 29.9 Å². The minimum absolute atomic E-state index is 0.00800. The highest BCUT2D eigenvalue weighted by Gasteiger charge is 2.53. The minimum Gasteiger partial charge on any atom is -0.497 e. The second-order valence-corrected chi connectivity index (χ2v) is 9.20. The average molecular weight is 442 g/mol. The van der Waals surface area contributed by atoms with Gasteiger partial charge in [0.05, 0.1) is 13.7 Å². The zero-order valence-corrected chi connectivity index (χ0v) is 18.4. The van der Waals surface area contributed by atoms with E-state index in [1.165, 1.54) is 0 Å². The van der Waals surface area contributed by atoms with Crippen LogP contribution in [0.15, 0.2) is 24.4 Å². The summed E-state index contributed by atoms with van der Waals surface area (Å²) in [6, 6.07) is 5.58. The molecule has 4 heterocycles. The molecule has 5 rings (SSSR count). The number of hydrogen-bond donors (Lipinski definition) is 4. The van der Waals surface area contributed by atoms with Gasteiger partial charge >= 0.3 is 6.03 Å². The van der Waals surface area contributed by atoms with Crippen LogP contribution < -0.4 is 20.7 Å². The van der Waals surface area contributed by atoms with Crippen LogP contribution in [0.25, 0.3) is 10.8 Å². The van der Waals surface area contributed by atoms with Gasteiger partial charge in [0, 0.05) is 23.0 Å². The predicted molar refractivity (Wildman–Crippen MR) is 120 cm³/mol. The summed E-state index contributed by atoms with van der Waals surface area (Å²) >= 11 is 0. The second-order valence-electron chi connectivity index (χ2n) is 9.20. The van der Waals surface area contributed by atoms with Gasteiger partial charge in [-0.15, -0.1) is 0 Å². The first-order valence-electron chi connectivity index (χ1n) is 11.4. The van der Waals surface area contributed by atoms with Crippen molar-refractivity contribution in [2.45, 2.75) is 43.8 Å². The van der Waals surface area contributed by atoms with Crippen molar-refractivity contribution < 1.29 is 19.4 Å². The maximum absolute atomic E-state index is 13.1. The summed E-state index contributed by atoms with van der Waals surface area (Å²) in [6.45, 7) is 4.12. The van der Waals surface area contributed by atoms with Gasteiger partial charge in [-0.05, 0) is 76.0 Å². The molecule has 1 aromatic heterocycles. The number of nitrogens with zero attached hydrogens (tertiary/aromatic N) is 2. The van der Waals surface area contributed by atoms with Crippen LogP contribution in [0.1, 0.15) is 25.7 Å². The maximum atomic E-state index is 13.1. The number of benzene rings is 1. The van der Waals surface area contributed by atoms with Crippen molar-refractivity contribution in [3.8, 4) is 11.6 Å². The number of imide groups is 1. The highest BCUT2D eigenvalue weighted by Crippen LogP contribution is 2.37. The number of piperidine rings is 2. The van der Waals surface area contributed by atoms with Gasteiger partial charge in [0.15, 0.2) is 5.88 Å². The predicted octanol–water partition coefficient (Wildman–Crippen LogP) is 1.40. The lowest BCUT2D eigenvalue weighted by atomic mass is 9.77. The molecule has 0 spiro atoms. The zero-order chi connectivity index (χ0) is 22.3. The average Bonchev–Trinajstić information content (AvgIpc) is 3.29. The van der Waals surface area contributed by atoms with Crippen LogP contribution in [0, 0.1) is 5.92 Å². The van der Waals surface area contributed by atoms with E-state index in [0.29, 0.717) is 17.2 Å². The van der Waals surface area contributed by atoms with E-state index >= 15 is 0 Å². The molecule has 172 valence electrons. The van der Waals surface area contributed by atoms with Crippen LogP contribution in [0.5, 0.6) is 11.6 Å². The number of methoxy groups -OCH3 is 1. The molecule has 0 aliphatic carbocycles. The normalized spacial score (nSPS) is 25.8. The van der Waals surface area contributed by atoms with E-state index in [1.807, 2.05) is 12.3 Å². The third kappa shape index (κ3) is 3.59. The van der Waals surface area contributed by atoms with Gasteiger partial charge in [-0.2, -0.15) is 0 Å². The number of aromatic nitrogens is 1. The summed E-state index contributed by atoms with van der Waals surface area (Å²) in [5, 5.41) is 21.2. The number of fused-ring (bicyclic) bond motifs is 1. The third-order valence-electron chi connectivity index (χ3n) is 7.51. The van der Waals surface area contributed by atoms with Gasteiger partial charge in [-0.1, -0.05) is 0 Å². The molecule has 0 bridgehead atoms. The molecule has 1 unspecified atom stereocenters. The molecule has 3 saturated heterocycles. The third-order valence-corrected chi connectivity index (χ3v) is 7.51. The molecule has 32 heavy (non-hydrogen) atoms. The van der Waals surface area contributed by atoms with Crippen LogP contribution in [0.2, 0.25) is 0 Å². The van der Waals surface area contributed by atoms with Gasteiger partial charge in [-0.25, -0.2) is 4.79 Å². The Morgan fingerprint density at radius 2 is 1.91 bits per heavy atom. The molecular formula is C23H31N5O4. The molecule has 3 amide bonds. The summed E-state index contributed by atoms with van der Waals surface area (Å²) in [6.07, 6.45) is 5.78. The molecule has 4 N–H and O–H groups in total. The Kier molecular flexibility index (Phi) is 5.46. The van der Waals surface area contributed by atoms with E-state index in [1.54, 1.807) is 23.8 Å². The standard InChI is InChI=1S/C23H31N5O4/c1-32-18-2-3-19-15(12-18)13-28(20(19)29)14-23(21(30)25-22(31)26-23)16-6-10-27(11-7-16)17-4-8-24-9-5-17/h2-3,12-13,16-17,24,29H,4-11,14H2,1H3,(H2,25,26,30,31). The van der Waals surface area contributed by atoms with Crippen molar-refractivity contribution in [1.29, 1.82) is 0 Å². The SMILES string of the molecule is COc1ccc2c(O)n(CC3(C4CCN(C5CCNCC5)CC4)NC(=O)NC3=O)cc2c1. The fraction of sp³-hybridized carbons (Fsp3) is 0.565. The van der Waals surface area contributed by atoms with E-state index in [0.717, 1.165) is 57.2 Å². The van der Waals surface area contributed by atoms with Crippen molar-refractivity contribution in [3.05, 3.63) is 24.4 Å². The molecule has 3 fully saturated rings. The van der Waals surface area contributed by atoms with Crippen LogP contribution in [0.4, 0.5) is 4.79 Å². The number of rotatable bonds is 5. The van der Waals surface area contributed by atoms with E-state index < -0.39 is 11.6 Å². The van der Waals surface area contributed by atoms with Gasteiger partial charge in [-0.3, -0.25) is 10.1 Å². The first kappa shape index (κ1) is 21.1. The number of nitrogens with one attached hydrogen (secondary N) is 3. The smallest absolute Gasteiger partial charge is 0.322 e. The lowest BCUT2D eigenvalue weighted by Crippen LogP contribution is -2.59. The number of ether oxygens (including phenoxy) is 1. The molecular weight excluding hydrogens is 410 g/mol. The van der Waals surface area contributed by atoms with E-state index in [2.05, 4.69) is 20.9 Å². The van der Waals surface area contributed by atoms with Crippen molar-refractivity contribution in [3.63, 3.8) is 0 Å². The Balaban J connectivity index is 1.40. The van der Waals surface area contributed by atoms with Crippen LogP contribution in [-0.4, -0.2) is 71.4 Å². The zero-order valence-electron chi connectivity index (χ0n) is 18.4. The number of hydrogen-bond acceptors (Lipinski definition) is 6. The van der Waals surface area contributed by atoms with E-state index in [9.17, 15) is 14.7 Å². The Bertz CT molecular complexity index is 1020. The largest absolute Gasteiger partial charge is 0.497 e. The molecule has 3 aliphatic heterocycles. The highest BCUT2D eigenvalue weighted by molar-refractivity contribution is 6.07. The summed E-state index contributed by atoms with van der Waals surface area (Å²) < 4.78 is 6.97. The lowest BCUT2D eigenvalue weighted by Gasteiger charge is -2.44. The molecule has 0 saturated carbocycles. The van der Waals surface area contributed by atoms with Crippen molar-refractivity contribution in [1.82, 2.24) is 25.4 Å². The number of aromatic hydroxyl groups is 1. The molecule has 2 aromatic rings. The summed E-state index contributed by atoms with van der Waals surface area (Å²) in [7, 11) is 1.60. The van der Waals surface area contributed by atoms with Crippen LogP contribution in [-0.2, 0) is 11.3 Å². The molecule has 9 nitrogen and oxygen atoms in total. The molecule has 0 radical (unpaired) electrons. The van der Waals surface area contributed by atoms with Gasteiger partial charge in [0.1, 0.15) is 11.3 Å². The monoisotopic (exact) mass is 441 g/mol. The summed E-state index contributed by atoms with van der Waals surface area (Å²) in [4.78, 5) is 27.8. The molecule has 9 heteroatoms. The first-order chi connectivity index (χ1) is 15.5. The Morgan fingerprint density at radius 3 is 2.56 bits per heavy atom.